The summed E-state index contributed by atoms with van der Waals surface area (Å²) in [6.07, 6.45) is 2.09. The highest BCUT2D eigenvalue weighted by molar-refractivity contribution is 6.31. The molecule has 0 radical (unpaired) electrons. The van der Waals surface area contributed by atoms with Crippen LogP contribution in [0.25, 0.3) is 0 Å². The number of para-hydroxylation sites is 1. The van der Waals surface area contributed by atoms with E-state index < -0.39 is 0 Å². The third-order valence-corrected chi connectivity index (χ3v) is 3.94. The predicted molar refractivity (Wildman–Crippen MR) is 89.0 cm³/mol. The van der Waals surface area contributed by atoms with Crippen molar-refractivity contribution in [2.45, 2.75) is 33.1 Å². The molecule has 0 unspecified atom stereocenters. The smallest absolute Gasteiger partial charge is 0.228 e. The molecule has 0 fully saturated rings. The van der Waals surface area contributed by atoms with E-state index in [0.29, 0.717) is 11.4 Å². The third-order valence-electron chi connectivity index (χ3n) is 3.57. The number of carbonyl (C=O) groups is 1. The lowest BCUT2D eigenvalue weighted by Crippen LogP contribution is -2.17. The molecule has 0 saturated carbocycles. The third kappa shape index (κ3) is 3.85. The van der Waals surface area contributed by atoms with Crippen molar-refractivity contribution in [3.63, 3.8) is 0 Å². The first kappa shape index (κ1) is 15.6. The Morgan fingerprint density at radius 1 is 0.952 bits per heavy atom. The van der Waals surface area contributed by atoms with Crippen molar-refractivity contribution in [1.82, 2.24) is 0 Å². The Morgan fingerprint density at radius 3 is 2.10 bits per heavy atom. The zero-order valence-electron chi connectivity index (χ0n) is 12.4. The van der Waals surface area contributed by atoms with E-state index >= 15 is 0 Å². The molecular weight excluding hydrogens is 282 g/mol. The Hall–Kier alpha value is -1.80. The van der Waals surface area contributed by atoms with Crippen LogP contribution in [-0.4, -0.2) is 5.91 Å². The van der Waals surface area contributed by atoms with Crippen LogP contribution in [0.1, 0.15) is 30.5 Å². The molecule has 0 bridgehead atoms. The number of rotatable bonds is 5. The van der Waals surface area contributed by atoms with Crippen LogP contribution >= 0.6 is 11.6 Å². The lowest BCUT2D eigenvalue weighted by molar-refractivity contribution is -0.115. The summed E-state index contributed by atoms with van der Waals surface area (Å²) in [5.41, 5.74) is 4.15. The SMILES string of the molecule is CCc1cccc(CC)c1NC(=O)Cc1ccccc1Cl. The van der Waals surface area contributed by atoms with E-state index in [9.17, 15) is 4.79 Å². The number of hydrogen-bond acceptors (Lipinski definition) is 1. The first-order valence-corrected chi connectivity index (χ1v) is 7.67. The quantitative estimate of drug-likeness (QED) is 0.856. The Morgan fingerprint density at radius 2 is 1.52 bits per heavy atom. The lowest BCUT2D eigenvalue weighted by atomic mass is 10.0. The largest absolute Gasteiger partial charge is 0.325 e. The van der Waals surface area contributed by atoms with E-state index in [-0.39, 0.29) is 5.91 Å². The maximum Gasteiger partial charge on any atom is 0.228 e. The summed E-state index contributed by atoms with van der Waals surface area (Å²) >= 11 is 6.11. The van der Waals surface area contributed by atoms with E-state index in [1.54, 1.807) is 0 Å². The molecule has 2 nitrogen and oxygen atoms in total. The number of benzene rings is 2. The van der Waals surface area contributed by atoms with Crippen molar-refractivity contribution >= 4 is 23.2 Å². The monoisotopic (exact) mass is 301 g/mol. The highest BCUT2D eigenvalue weighted by Crippen LogP contribution is 2.23. The van der Waals surface area contributed by atoms with Crippen molar-refractivity contribution in [2.75, 3.05) is 5.32 Å². The van der Waals surface area contributed by atoms with Crippen molar-refractivity contribution in [2.24, 2.45) is 0 Å². The number of anilines is 1. The zero-order valence-corrected chi connectivity index (χ0v) is 13.2. The van der Waals surface area contributed by atoms with Crippen molar-refractivity contribution in [1.29, 1.82) is 0 Å². The summed E-state index contributed by atoms with van der Waals surface area (Å²) in [7, 11) is 0. The van der Waals surface area contributed by atoms with E-state index in [1.807, 2.05) is 30.3 Å². The van der Waals surface area contributed by atoms with Crippen LogP contribution in [0.2, 0.25) is 5.02 Å². The summed E-state index contributed by atoms with van der Waals surface area (Å²) in [5, 5.41) is 3.69. The fourth-order valence-corrected chi connectivity index (χ4v) is 2.60. The number of hydrogen-bond donors (Lipinski definition) is 1. The van der Waals surface area contributed by atoms with Crippen LogP contribution in [0, 0.1) is 0 Å². The standard InChI is InChI=1S/C18H20ClNO/c1-3-13-9-7-10-14(4-2)18(13)20-17(21)12-15-8-5-6-11-16(15)19/h5-11H,3-4,12H2,1-2H3,(H,20,21). The minimum absolute atomic E-state index is 0.0290. The van der Waals surface area contributed by atoms with Gasteiger partial charge in [-0.2, -0.15) is 0 Å². The fourth-order valence-electron chi connectivity index (χ4n) is 2.40. The number of aryl methyl sites for hydroxylation is 2. The summed E-state index contributed by atoms with van der Waals surface area (Å²) < 4.78 is 0. The van der Waals surface area contributed by atoms with Crippen molar-refractivity contribution in [3.8, 4) is 0 Å². The molecule has 0 heterocycles. The van der Waals surface area contributed by atoms with Crippen LogP contribution in [0.3, 0.4) is 0 Å². The topological polar surface area (TPSA) is 29.1 Å². The van der Waals surface area contributed by atoms with Crippen LogP contribution in [0.4, 0.5) is 5.69 Å². The minimum atomic E-state index is -0.0290. The van der Waals surface area contributed by atoms with Gasteiger partial charge in [-0.15, -0.1) is 0 Å². The maximum atomic E-state index is 12.3. The highest BCUT2D eigenvalue weighted by Gasteiger charge is 2.11. The Labute approximate surface area is 131 Å². The first-order valence-electron chi connectivity index (χ1n) is 7.29. The Kier molecular flexibility index (Phi) is 5.40. The molecule has 2 aromatic carbocycles. The van der Waals surface area contributed by atoms with Gasteiger partial charge < -0.3 is 5.32 Å². The summed E-state index contributed by atoms with van der Waals surface area (Å²) in [4.78, 5) is 12.3. The molecular formula is C18H20ClNO. The molecule has 0 atom stereocenters. The normalized spacial score (nSPS) is 10.4. The van der Waals surface area contributed by atoms with Gasteiger partial charge in [0.2, 0.25) is 5.91 Å². The van der Waals surface area contributed by atoms with Gasteiger partial charge in [-0.25, -0.2) is 0 Å². The second kappa shape index (κ2) is 7.28. The van der Waals surface area contributed by atoms with Crippen LogP contribution in [-0.2, 0) is 24.1 Å². The summed E-state index contributed by atoms with van der Waals surface area (Å²) in [6.45, 7) is 4.19. The maximum absolute atomic E-state index is 12.3. The number of amides is 1. The van der Waals surface area contributed by atoms with Crippen LogP contribution < -0.4 is 5.32 Å². The van der Waals surface area contributed by atoms with E-state index in [2.05, 4.69) is 31.3 Å². The predicted octanol–water partition coefficient (Wildman–Crippen LogP) is 4.65. The van der Waals surface area contributed by atoms with E-state index in [1.165, 1.54) is 11.1 Å². The van der Waals surface area contributed by atoms with Gasteiger partial charge in [-0.3, -0.25) is 4.79 Å². The minimum Gasteiger partial charge on any atom is -0.325 e. The number of halogens is 1. The lowest BCUT2D eigenvalue weighted by Gasteiger charge is -2.14. The second-order valence-corrected chi connectivity index (χ2v) is 5.38. The van der Waals surface area contributed by atoms with Gasteiger partial charge in [0, 0.05) is 10.7 Å². The molecule has 0 spiro atoms. The summed E-state index contributed by atoms with van der Waals surface area (Å²) in [6, 6.07) is 13.6. The molecule has 0 aliphatic carbocycles. The average Bonchev–Trinajstić information content (AvgIpc) is 2.49. The van der Waals surface area contributed by atoms with Gasteiger partial charge in [0.1, 0.15) is 0 Å². The molecule has 1 N–H and O–H groups in total. The molecule has 1 amide bonds. The van der Waals surface area contributed by atoms with E-state index in [0.717, 1.165) is 24.1 Å². The molecule has 0 aliphatic heterocycles. The zero-order chi connectivity index (χ0) is 15.2. The highest BCUT2D eigenvalue weighted by atomic mass is 35.5. The van der Waals surface area contributed by atoms with Gasteiger partial charge in [-0.05, 0) is 35.6 Å². The fraction of sp³-hybridized carbons (Fsp3) is 0.278. The van der Waals surface area contributed by atoms with Gasteiger partial charge in [-0.1, -0.05) is 61.8 Å². The molecule has 2 rings (SSSR count). The van der Waals surface area contributed by atoms with Crippen LogP contribution in [0.5, 0.6) is 0 Å². The number of carbonyl (C=O) groups excluding carboxylic acids is 1. The summed E-state index contributed by atoms with van der Waals surface area (Å²) in [5.74, 6) is -0.0290. The van der Waals surface area contributed by atoms with E-state index in [4.69, 9.17) is 11.6 Å². The Balaban J connectivity index is 2.18. The molecule has 0 aliphatic rings. The molecule has 110 valence electrons. The molecule has 0 aromatic heterocycles. The van der Waals surface area contributed by atoms with Gasteiger partial charge in [0.15, 0.2) is 0 Å². The van der Waals surface area contributed by atoms with Gasteiger partial charge in [0.05, 0.1) is 6.42 Å². The molecule has 21 heavy (non-hydrogen) atoms. The molecule has 2 aromatic rings. The first-order chi connectivity index (χ1) is 10.2. The van der Waals surface area contributed by atoms with Crippen molar-refractivity contribution in [3.05, 3.63) is 64.2 Å². The Bertz CT molecular complexity index is 615. The molecule has 3 heteroatoms. The average molecular weight is 302 g/mol. The van der Waals surface area contributed by atoms with Crippen molar-refractivity contribution < 1.29 is 4.79 Å². The second-order valence-electron chi connectivity index (χ2n) is 4.97. The van der Waals surface area contributed by atoms with Crippen LogP contribution in [0.15, 0.2) is 42.5 Å². The molecule has 0 saturated heterocycles. The van der Waals surface area contributed by atoms with Gasteiger partial charge >= 0.3 is 0 Å². The van der Waals surface area contributed by atoms with Gasteiger partial charge in [0.25, 0.3) is 0 Å². The number of nitrogens with one attached hydrogen (secondary N) is 1.